The lowest BCUT2D eigenvalue weighted by Gasteiger charge is -2.37. The summed E-state index contributed by atoms with van der Waals surface area (Å²) >= 11 is 0. The zero-order valence-corrected chi connectivity index (χ0v) is 19.1. The summed E-state index contributed by atoms with van der Waals surface area (Å²) in [6.07, 6.45) is 6.87. The van der Waals surface area contributed by atoms with E-state index in [1.165, 1.54) is 12.7 Å². The van der Waals surface area contributed by atoms with Crippen molar-refractivity contribution in [1.82, 2.24) is 20.1 Å². The number of aromatic nitrogens is 1. The second-order valence-corrected chi connectivity index (χ2v) is 8.83. The van der Waals surface area contributed by atoms with Crippen LogP contribution >= 0.6 is 0 Å². The Morgan fingerprint density at radius 3 is 2.61 bits per heavy atom. The number of carbonyl (C=O) groups excluding carboxylic acids is 1. The maximum absolute atomic E-state index is 13.2. The highest BCUT2D eigenvalue weighted by Crippen LogP contribution is 2.28. The number of pyridine rings is 1. The minimum atomic E-state index is 0.0804. The molecule has 0 saturated carbocycles. The van der Waals surface area contributed by atoms with Crippen LogP contribution < -0.4 is 11.1 Å². The average molecular weight is 456 g/mol. The van der Waals surface area contributed by atoms with E-state index >= 15 is 0 Å². The van der Waals surface area contributed by atoms with Crippen LogP contribution in [0.3, 0.4) is 0 Å². The molecule has 0 unspecified atom stereocenters. The first-order valence-corrected chi connectivity index (χ1v) is 11.6. The lowest BCUT2D eigenvalue weighted by Crippen LogP contribution is -2.46. The van der Waals surface area contributed by atoms with Crippen LogP contribution in [-0.4, -0.2) is 83.8 Å². The van der Waals surface area contributed by atoms with Crippen LogP contribution in [0.1, 0.15) is 31.4 Å². The Kier molecular flexibility index (Phi) is 7.43. The number of hydrogen-bond donors (Lipinski definition) is 3. The molecule has 0 spiro atoms. The molecule has 0 atom stereocenters. The van der Waals surface area contributed by atoms with Crippen LogP contribution in [0.4, 0.5) is 0 Å². The molecule has 1 aromatic rings. The van der Waals surface area contributed by atoms with E-state index < -0.39 is 0 Å². The van der Waals surface area contributed by atoms with Crippen LogP contribution in [0.15, 0.2) is 40.3 Å². The summed E-state index contributed by atoms with van der Waals surface area (Å²) in [5.41, 5.74) is 7.95. The SMILES string of the molecule is CO/N=C(\c1ncccc1O)C1CCN(C(=O)C2CCN(CC3=CNC(N)=NC3)CC2)CC1. The van der Waals surface area contributed by atoms with Crippen molar-refractivity contribution in [3.63, 3.8) is 0 Å². The predicted molar refractivity (Wildman–Crippen MR) is 126 cm³/mol. The zero-order valence-electron chi connectivity index (χ0n) is 19.1. The molecule has 3 aliphatic heterocycles. The van der Waals surface area contributed by atoms with Crippen molar-refractivity contribution in [2.45, 2.75) is 25.7 Å². The summed E-state index contributed by atoms with van der Waals surface area (Å²) in [4.78, 5) is 31.1. The first-order chi connectivity index (χ1) is 16.0. The normalized spacial score (nSPS) is 21.2. The number of nitrogens with zero attached hydrogens (tertiary/aromatic N) is 5. The van der Waals surface area contributed by atoms with Gasteiger partial charge in [0.05, 0.1) is 6.54 Å². The van der Waals surface area contributed by atoms with Gasteiger partial charge in [-0.3, -0.25) is 14.7 Å². The van der Waals surface area contributed by atoms with Gasteiger partial charge in [0.15, 0.2) is 5.96 Å². The molecule has 4 N–H and O–H groups in total. The highest BCUT2D eigenvalue weighted by atomic mass is 16.6. The van der Waals surface area contributed by atoms with E-state index in [0.717, 1.165) is 45.3 Å². The maximum Gasteiger partial charge on any atom is 0.225 e. The van der Waals surface area contributed by atoms with Gasteiger partial charge in [-0.15, -0.1) is 0 Å². The molecule has 33 heavy (non-hydrogen) atoms. The number of likely N-dealkylation sites (tertiary alicyclic amines) is 2. The van der Waals surface area contributed by atoms with Crippen LogP contribution in [0.5, 0.6) is 5.75 Å². The number of oxime groups is 1. The molecule has 0 bridgehead atoms. The summed E-state index contributed by atoms with van der Waals surface area (Å²) in [7, 11) is 1.50. The molecule has 0 aromatic carbocycles. The molecule has 178 valence electrons. The van der Waals surface area contributed by atoms with Gasteiger partial charge in [0.1, 0.15) is 24.3 Å². The molecule has 4 rings (SSSR count). The van der Waals surface area contributed by atoms with Gasteiger partial charge in [-0.1, -0.05) is 5.16 Å². The Hall–Kier alpha value is -3.14. The number of guanidine groups is 1. The van der Waals surface area contributed by atoms with Gasteiger partial charge in [0.25, 0.3) is 0 Å². The van der Waals surface area contributed by atoms with Crippen molar-refractivity contribution in [2.24, 2.45) is 27.7 Å². The molecule has 1 aromatic heterocycles. The van der Waals surface area contributed by atoms with Gasteiger partial charge >= 0.3 is 0 Å². The van der Waals surface area contributed by atoms with E-state index in [-0.39, 0.29) is 23.5 Å². The third-order valence-corrected chi connectivity index (χ3v) is 6.65. The Balaban J connectivity index is 1.26. The number of nitrogens with one attached hydrogen (secondary N) is 1. The number of piperidine rings is 2. The number of nitrogens with two attached hydrogens (primary N) is 1. The summed E-state index contributed by atoms with van der Waals surface area (Å²) in [6.45, 7) is 4.67. The number of aromatic hydroxyl groups is 1. The van der Waals surface area contributed by atoms with Crippen molar-refractivity contribution >= 4 is 17.6 Å². The third-order valence-electron chi connectivity index (χ3n) is 6.65. The Bertz CT molecular complexity index is 930. The van der Waals surface area contributed by atoms with E-state index in [1.807, 2.05) is 11.1 Å². The van der Waals surface area contributed by atoms with Gasteiger partial charge in [0.2, 0.25) is 5.91 Å². The maximum atomic E-state index is 13.2. The molecule has 10 nitrogen and oxygen atoms in total. The third kappa shape index (κ3) is 5.62. The van der Waals surface area contributed by atoms with E-state index in [4.69, 9.17) is 10.6 Å². The molecular formula is C23H33N7O3. The van der Waals surface area contributed by atoms with Crippen LogP contribution in [-0.2, 0) is 9.63 Å². The highest BCUT2D eigenvalue weighted by Gasteiger charge is 2.33. The van der Waals surface area contributed by atoms with Gasteiger partial charge in [0, 0.05) is 43.9 Å². The first kappa shape index (κ1) is 23.0. The summed E-state index contributed by atoms with van der Waals surface area (Å²) in [5.74, 6) is 0.982. The number of carbonyl (C=O) groups is 1. The van der Waals surface area contributed by atoms with Crippen molar-refractivity contribution < 1.29 is 14.7 Å². The molecule has 2 saturated heterocycles. The van der Waals surface area contributed by atoms with Crippen LogP contribution in [0.2, 0.25) is 0 Å². The standard InChI is InChI=1S/C23H33N7O3/c1-33-28-20(21-19(31)3-2-8-25-21)17-6-11-30(12-7-17)22(32)18-4-9-29(10-5-18)15-16-13-26-23(24)27-14-16/h2-3,8,13,17-18,31H,4-7,9-12,14-15H2,1H3,(H3,24,26,27)/b28-20-. The molecule has 4 heterocycles. The molecule has 0 aliphatic carbocycles. The van der Waals surface area contributed by atoms with Crippen molar-refractivity contribution in [3.05, 3.63) is 35.8 Å². The van der Waals surface area contributed by atoms with E-state index in [1.54, 1.807) is 18.3 Å². The quantitative estimate of drug-likeness (QED) is 0.429. The molecule has 1 amide bonds. The van der Waals surface area contributed by atoms with Gasteiger partial charge < -0.3 is 25.9 Å². The fraction of sp³-hybridized carbons (Fsp3) is 0.565. The predicted octanol–water partition coefficient (Wildman–Crippen LogP) is 0.890. The molecular weight excluding hydrogens is 422 g/mol. The minimum absolute atomic E-state index is 0.0804. The topological polar surface area (TPSA) is 129 Å². The zero-order chi connectivity index (χ0) is 23.2. The summed E-state index contributed by atoms with van der Waals surface area (Å²) < 4.78 is 0. The van der Waals surface area contributed by atoms with Crippen molar-refractivity contribution in [3.8, 4) is 5.75 Å². The highest BCUT2D eigenvalue weighted by molar-refractivity contribution is 6.02. The van der Waals surface area contributed by atoms with Crippen LogP contribution in [0, 0.1) is 11.8 Å². The Labute approximate surface area is 194 Å². The molecule has 2 fully saturated rings. The van der Waals surface area contributed by atoms with E-state index in [0.29, 0.717) is 37.0 Å². The summed E-state index contributed by atoms with van der Waals surface area (Å²) in [6, 6.07) is 3.28. The van der Waals surface area contributed by atoms with Crippen LogP contribution in [0.25, 0.3) is 0 Å². The number of amides is 1. The Morgan fingerprint density at radius 2 is 1.97 bits per heavy atom. The Morgan fingerprint density at radius 1 is 1.24 bits per heavy atom. The van der Waals surface area contributed by atoms with Gasteiger partial charge in [-0.25, -0.2) is 4.99 Å². The fourth-order valence-electron chi connectivity index (χ4n) is 4.81. The van der Waals surface area contributed by atoms with Crippen molar-refractivity contribution in [2.75, 3.05) is 46.4 Å². The number of aliphatic imine (C=N–C) groups is 1. The van der Waals surface area contributed by atoms with Gasteiger partial charge in [-0.05, 0) is 56.5 Å². The van der Waals surface area contributed by atoms with Gasteiger partial charge in [-0.2, -0.15) is 0 Å². The largest absolute Gasteiger partial charge is 0.506 e. The van der Waals surface area contributed by atoms with Crippen molar-refractivity contribution in [1.29, 1.82) is 0 Å². The smallest absolute Gasteiger partial charge is 0.225 e. The molecule has 10 heteroatoms. The monoisotopic (exact) mass is 455 g/mol. The number of hydrogen-bond acceptors (Lipinski definition) is 9. The lowest BCUT2D eigenvalue weighted by molar-refractivity contribution is -0.138. The first-order valence-electron chi connectivity index (χ1n) is 11.6. The fourth-order valence-corrected chi connectivity index (χ4v) is 4.81. The second kappa shape index (κ2) is 10.7. The minimum Gasteiger partial charge on any atom is -0.506 e. The summed E-state index contributed by atoms with van der Waals surface area (Å²) in [5, 5.41) is 17.3. The second-order valence-electron chi connectivity index (χ2n) is 8.83. The molecule has 0 radical (unpaired) electrons. The van der Waals surface area contributed by atoms with E-state index in [9.17, 15) is 9.90 Å². The number of rotatable bonds is 6. The van der Waals surface area contributed by atoms with E-state index in [2.05, 4.69) is 25.3 Å². The lowest BCUT2D eigenvalue weighted by atomic mass is 9.88. The molecule has 3 aliphatic rings. The average Bonchev–Trinajstić information content (AvgIpc) is 2.85.